The minimum atomic E-state index is -0.494. The first kappa shape index (κ1) is 18.7. The highest BCUT2D eigenvalue weighted by Crippen LogP contribution is 2.28. The first-order valence-corrected chi connectivity index (χ1v) is 8.61. The average molecular weight is 366 g/mol. The van der Waals surface area contributed by atoms with Crippen LogP contribution in [0, 0.1) is 5.92 Å². The Labute approximate surface area is 136 Å². The summed E-state index contributed by atoms with van der Waals surface area (Å²) >= 11 is 3.43. The minimum Gasteiger partial charge on any atom is -0.444 e. The largest absolute Gasteiger partial charge is 0.444 e. The molecule has 1 N–H and O–H groups in total. The lowest BCUT2D eigenvalue weighted by atomic mass is 10.1. The first-order chi connectivity index (χ1) is 9.74. The number of hydrogen-bond donors (Lipinski definition) is 1. The average Bonchev–Trinajstić information content (AvgIpc) is 3.18. The van der Waals surface area contributed by atoms with Crippen LogP contribution in [0.1, 0.15) is 40.5 Å². The van der Waals surface area contributed by atoms with Crippen LogP contribution in [0.4, 0.5) is 4.79 Å². The Kier molecular flexibility index (Phi) is 7.44. The third-order valence-electron chi connectivity index (χ3n) is 3.02. The van der Waals surface area contributed by atoms with Crippen molar-refractivity contribution in [3.63, 3.8) is 0 Å². The molecule has 1 fully saturated rings. The topological polar surface area (TPSA) is 56.8 Å². The Morgan fingerprint density at radius 1 is 1.24 bits per heavy atom. The number of alkyl carbamates (subject to hydrolysis) is 1. The molecule has 0 bridgehead atoms. The van der Waals surface area contributed by atoms with Crippen molar-refractivity contribution in [2.45, 2.75) is 51.7 Å². The zero-order valence-electron chi connectivity index (χ0n) is 13.5. The molecule has 5 nitrogen and oxygen atoms in total. The maximum atomic E-state index is 11.7. The van der Waals surface area contributed by atoms with E-state index in [1.54, 1.807) is 0 Å². The van der Waals surface area contributed by atoms with Crippen molar-refractivity contribution in [3.05, 3.63) is 0 Å². The summed E-state index contributed by atoms with van der Waals surface area (Å²) in [5, 5.41) is 3.37. The van der Waals surface area contributed by atoms with Gasteiger partial charge in [0, 0.05) is 11.9 Å². The van der Waals surface area contributed by atoms with E-state index in [-0.39, 0.29) is 0 Å². The van der Waals surface area contributed by atoms with E-state index in [9.17, 15) is 4.79 Å². The molecule has 0 aliphatic heterocycles. The predicted molar refractivity (Wildman–Crippen MR) is 85.9 cm³/mol. The number of amides is 1. The van der Waals surface area contributed by atoms with E-state index < -0.39 is 17.3 Å². The van der Waals surface area contributed by atoms with E-state index in [1.807, 2.05) is 27.7 Å². The number of ether oxygens (including phenoxy) is 3. The van der Waals surface area contributed by atoms with Gasteiger partial charge in [-0.1, -0.05) is 15.9 Å². The molecule has 0 spiro atoms. The maximum absolute atomic E-state index is 11.7. The number of carbonyl (C=O) groups excluding carboxylic acids is 1. The van der Waals surface area contributed by atoms with Crippen LogP contribution in [0.15, 0.2) is 0 Å². The fourth-order valence-electron chi connectivity index (χ4n) is 1.59. The van der Waals surface area contributed by atoms with Crippen molar-refractivity contribution >= 4 is 22.0 Å². The molecule has 1 rings (SSSR count). The molecule has 0 aromatic rings. The van der Waals surface area contributed by atoms with Gasteiger partial charge in [0.25, 0.3) is 0 Å². The van der Waals surface area contributed by atoms with Crippen molar-refractivity contribution in [1.82, 2.24) is 5.32 Å². The molecule has 0 heterocycles. The van der Waals surface area contributed by atoms with Gasteiger partial charge in [-0.25, -0.2) is 4.79 Å². The second kappa shape index (κ2) is 8.34. The molecule has 124 valence electrons. The number of alkyl halides is 1. The van der Waals surface area contributed by atoms with Crippen LogP contribution in [-0.2, 0) is 14.2 Å². The van der Waals surface area contributed by atoms with Gasteiger partial charge in [0.15, 0.2) is 0 Å². The second-order valence-electron chi connectivity index (χ2n) is 6.81. The van der Waals surface area contributed by atoms with E-state index in [1.165, 1.54) is 12.8 Å². The van der Waals surface area contributed by atoms with Crippen molar-refractivity contribution in [2.24, 2.45) is 5.92 Å². The third kappa shape index (κ3) is 9.32. The van der Waals surface area contributed by atoms with Gasteiger partial charge < -0.3 is 19.5 Å². The van der Waals surface area contributed by atoms with Gasteiger partial charge in [0.05, 0.1) is 25.4 Å². The number of hydrogen-bond acceptors (Lipinski definition) is 4. The molecule has 1 atom stereocenters. The van der Waals surface area contributed by atoms with Gasteiger partial charge in [0.1, 0.15) is 5.60 Å². The monoisotopic (exact) mass is 365 g/mol. The Bertz CT molecular complexity index is 328. The van der Waals surface area contributed by atoms with Gasteiger partial charge in [-0.3, -0.25) is 0 Å². The highest BCUT2D eigenvalue weighted by atomic mass is 79.9. The second-order valence-corrected chi connectivity index (χ2v) is 7.37. The fraction of sp³-hybridized carbons (Fsp3) is 0.933. The molecule has 0 aromatic heterocycles. The van der Waals surface area contributed by atoms with Crippen molar-refractivity contribution in [2.75, 3.05) is 31.7 Å². The van der Waals surface area contributed by atoms with E-state index >= 15 is 0 Å². The van der Waals surface area contributed by atoms with E-state index in [4.69, 9.17) is 14.2 Å². The number of nitrogens with one attached hydrogen (secondary N) is 1. The van der Waals surface area contributed by atoms with Gasteiger partial charge in [-0.05, 0) is 46.5 Å². The molecule has 21 heavy (non-hydrogen) atoms. The summed E-state index contributed by atoms with van der Waals surface area (Å²) in [6, 6.07) is 0. The summed E-state index contributed by atoms with van der Waals surface area (Å²) in [6.45, 7) is 9.79. The number of rotatable bonds is 9. The first-order valence-electron chi connectivity index (χ1n) is 7.49. The van der Waals surface area contributed by atoms with Crippen molar-refractivity contribution < 1.29 is 19.0 Å². The normalized spacial score (nSPS) is 18.1. The molecule has 0 saturated heterocycles. The Hall–Kier alpha value is -0.330. The number of carbonyl (C=O) groups is 1. The van der Waals surface area contributed by atoms with Crippen LogP contribution in [0.2, 0.25) is 0 Å². The zero-order valence-corrected chi connectivity index (χ0v) is 15.1. The molecular formula is C15H28BrNO4. The molecule has 1 unspecified atom stereocenters. The third-order valence-corrected chi connectivity index (χ3v) is 4.20. The molecule has 1 saturated carbocycles. The van der Waals surface area contributed by atoms with Gasteiger partial charge in [-0.15, -0.1) is 0 Å². The van der Waals surface area contributed by atoms with E-state index in [2.05, 4.69) is 21.2 Å². The van der Waals surface area contributed by atoms with E-state index in [0.29, 0.717) is 25.1 Å². The van der Waals surface area contributed by atoms with E-state index in [0.717, 1.165) is 12.5 Å². The maximum Gasteiger partial charge on any atom is 0.407 e. The molecule has 1 amide bonds. The van der Waals surface area contributed by atoms with Gasteiger partial charge >= 0.3 is 6.09 Å². The predicted octanol–water partition coefficient (Wildman–Crippen LogP) is 3.11. The Morgan fingerprint density at radius 2 is 1.90 bits per heavy atom. The molecule has 0 aromatic carbocycles. The zero-order chi connectivity index (χ0) is 15.9. The lowest BCUT2D eigenvalue weighted by Gasteiger charge is -2.29. The van der Waals surface area contributed by atoms with Crippen LogP contribution in [0.3, 0.4) is 0 Å². The summed E-state index contributed by atoms with van der Waals surface area (Å²) < 4.78 is 16.6. The van der Waals surface area contributed by atoms with Gasteiger partial charge in [0.2, 0.25) is 0 Å². The minimum absolute atomic E-state index is 0.385. The van der Waals surface area contributed by atoms with Crippen LogP contribution in [0.5, 0.6) is 0 Å². The summed E-state index contributed by atoms with van der Waals surface area (Å²) in [4.78, 5) is 11.7. The smallest absolute Gasteiger partial charge is 0.407 e. The summed E-state index contributed by atoms with van der Waals surface area (Å²) in [5.41, 5.74) is -0.966. The lowest BCUT2D eigenvalue weighted by Crippen LogP contribution is -2.46. The lowest BCUT2D eigenvalue weighted by molar-refractivity contribution is -0.0432. The highest BCUT2D eigenvalue weighted by Gasteiger charge is 2.26. The molecule has 1 aliphatic carbocycles. The van der Waals surface area contributed by atoms with Crippen molar-refractivity contribution in [3.8, 4) is 0 Å². The summed E-state index contributed by atoms with van der Waals surface area (Å²) in [7, 11) is 0. The summed E-state index contributed by atoms with van der Waals surface area (Å²) in [5.74, 6) is 0.765. The SMILES string of the molecule is CC(C)(C)OC(=O)NCC(C)(CBr)OCCOCC1CC1. The molecular weight excluding hydrogens is 338 g/mol. The fourth-order valence-corrected chi connectivity index (χ4v) is 1.95. The highest BCUT2D eigenvalue weighted by molar-refractivity contribution is 9.09. The molecule has 1 aliphatic rings. The Morgan fingerprint density at radius 3 is 2.43 bits per heavy atom. The van der Waals surface area contributed by atoms with Crippen molar-refractivity contribution in [1.29, 1.82) is 0 Å². The standard InChI is InChI=1S/C15H28BrNO4/c1-14(2,3)21-13(18)17-11-15(4,10-16)20-8-7-19-9-12-5-6-12/h12H,5-11H2,1-4H3,(H,17,18). The van der Waals surface area contributed by atoms with Gasteiger partial charge in [-0.2, -0.15) is 0 Å². The molecule has 0 radical (unpaired) electrons. The summed E-state index contributed by atoms with van der Waals surface area (Å²) in [6.07, 6.45) is 2.16. The number of halogens is 1. The Balaban J connectivity index is 2.18. The van der Waals surface area contributed by atoms with Crippen LogP contribution < -0.4 is 5.32 Å². The van der Waals surface area contributed by atoms with Crippen LogP contribution in [0.25, 0.3) is 0 Å². The molecule has 6 heteroatoms. The van der Waals surface area contributed by atoms with Crippen LogP contribution in [-0.4, -0.2) is 49.0 Å². The quantitative estimate of drug-likeness (QED) is 0.503. The van der Waals surface area contributed by atoms with Crippen LogP contribution >= 0.6 is 15.9 Å².